The van der Waals surface area contributed by atoms with Crippen LogP contribution >= 0.6 is 0 Å². The van der Waals surface area contributed by atoms with Gasteiger partial charge < -0.3 is 9.31 Å². The summed E-state index contributed by atoms with van der Waals surface area (Å²) in [5.41, 5.74) is 1.43. The van der Waals surface area contributed by atoms with Gasteiger partial charge in [0.1, 0.15) is 0 Å². The molecule has 1 heterocycles. The fraction of sp³-hybridized carbons (Fsp3) is 0.200. The van der Waals surface area contributed by atoms with Crippen LogP contribution in [0.5, 0.6) is 0 Å². The second kappa shape index (κ2) is 6.62. The first-order valence-corrected chi connectivity index (χ1v) is 8.51. The molecule has 1 saturated heterocycles. The molecule has 0 bridgehead atoms. The highest BCUT2D eigenvalue weighted by molar-refractivity contribution is 7.89. The zero-order valence-corrected chi connectivity index (χ0v) is 12.8. The molecule has 0 radical (unpaired) electrons. The van der Waals surface area contributed by atoms with Gasteiger partial charge in [-0.25, -0.2) is 13.1 Å². The summed E-state index contributed by atoms with van der Waals surface area (Å²) in [5.74, 6) is 0. The molecule has 1 fully saturated rings. The van der Waals surface area contributed by atoms with Gasteiger partial charge in [0, 0.05) is 12.0 Å². The molecule has 22 heavy (non-hydrogen) atoms. The smallest absolute Gasteiger partial charge is 0.405 e. The number of nitrogens with one attached hydrogen (secondary N) is 1. The van der Waals surface area contributed by atoms with Crippen molar-refractivity contribution < 1.29 is 17.7 Å². The van der Waals surface area contributed by atoms with Crippen molar-refractivity contribution >= 4 is 22.6 Å². The Labute approximate surface area is 130 Å². The molecule has 0 amide bonds. The standard InChI is InChI=1S/C15H16BNO4S/c18-22(19,17-12-13-6-2-1-3-7-13)15-9-5-4-8-14(15)16-20-10-11-21-16/h1-9,17H,10-12H2. The van der Waals surface area contributed by atoms with Crippen molar-refractivity contribution in [3.63, 3.8) is 0 Å². The molecule has 1 aliphatic heterocycles. The fourth-order valence-corrected chi connectivity index (χ4v) is 3.55. The van der Waals surface area contributed by atoms with Gasteiger partial charge in [-0.2, -0.15) is 0 Å². The van der Waals surface area contributed by atoms with Gasteiger partial charge in [-0.15, -0.1) is 0 Å². The molecular formula is C15H16BNO4S. The van der Waals surface area contributed by atoms with Crippen LogP contribution in [0.25, 0.3) is 0 Å². The molecule has 5 nitrogen and oxygen atoms in total. The third kappa shape index (κ3) is 3.39. The summed E-state index contributed by atoms with van der Waals surface area (Å²) in [4.78, 5) is 0.192. The molecule has 0 atom stereocenters. The molecule has 0 saturated carbocycles. The summed E-state index contributed by atoms with van der Waals surface area (Å²) in [6, 6.07) is 16.1. The molecule has 1 aliphatic rings. The second-order valence-corrected chi connectivity index (χ2v) is 6.66. The molecule has 0 aromatic heterocycles. The summed E-state index contributed by atoms with van der Waals surface area (Å²) >= 11 is 0. The molecule has 0 unspecified atom stereocenters. The molecule has 2 aromatic rings. The van der Waals surface area contributed by atoms with E-state index >= 15 is 0 Å². The maximum absolute atomic E-state index is 12.6. The lowest BCUT2D eigenvalue weighted by atomic mass is 9.79. The minimum absolute atomic E-state index is 0.192. The molecule has 2 aromatic carbocycles. The predicted octanol–water partition coefficient (Wildman–Crippen LogP) is 0.907. The first kappa shape index (κ1) is 15.2. The van der Waals surface area contributed by atoms with Crippen molar-refractivity contribution in [3.05, 3.63) is 60.2 Å². The third-order valence-electron chi connectivity index (χ3n) is 3.39. The number of rotatable bonds is 5. The van der Waals surface area contributed by atoms with Crippen molar-refractivity contribution in [1.29, 1.82) is 0 Å². The Morgan fingerprint density at radius 1 is 0.955 bits per heavy atom. The highest BCUT2D eigenvalue weighted by atomic mass is 32.2. The second-order valence-electron chi connectivity index (χ2n) is 4.92. The number of hydrogen-bond donors (Lipinski definition) is 1. The summed E-state index contributed by atoms with van der Waals surface area (Å²) in [7, 11) is -4.26. The largest absolute Gasteiger partial charge is 0.495 e. The van der Waals surface area contributed by atoms with Crippen LogP contribution in [0.15, 0.2) is 59.5 Å². The van der Waals surface area contributed by atoms with Crippen molar-refractivity contribution in [2.45, 2.75) is 11.4 Å². The Kier molecular flexibility index (Phi) is 4.59. The predicted molar refractivity (Wildman–Crippen MR) is 84.2 cm³/mol. The normalized spacial score (nSPS) is 15.2. The molecule has 114 valence electrons. The SMILES string of the molecule is O=S(=O)(NCc1ccccc1)c1ccccc1B1OCCO1. The van der Waals surface area contributed by atoms with Crippen LogP contribution in [0.2, 0.25) is 0 Å². The van der Waals surface area contributed by atoms with E-state index in [4.69, 9.17) is 9.31 Å². The van der Waals surface area contributed by atoms with Crippen LogP contribution in [0.4, 0.5) is 0 Å². The van der Waals surface area contributed by atoms with Crippen LogP contribution in [-0.4, -0.2) is 28.7 Å². The molecule has 0 aliphatic carbocycles. The van der Waals surface area contributed by atoms with E-state index in [0.29, 0.717) is 18.7 Å². The topological polar surface area (TPSA) is 64.6 Å². The summed E-state index contributed by atoms with van der Waals surface area (Å²) in [6.07, 6.45) is 0. The molecule has 3 rings (SSSR count). The van der Waals surface area contributed by atoms with Crippen LogP contribution < -0.4 is 10.2 Å². The summed E-state index contributed by atoms with van der Waals surface area (Å²) in [6.45, 7) is 1.18. The first-order valence-electron chi connectivity index (χ1n) is 7.02. The number of hydrogen-bond acceptors (Lipinski definition) is 4. The van der Waals surface area contributed by atoms with E-state index in [1.807, 2.05) is 30.3 Å². The molecule has 1 N–H and O–H groups in total. The van der Waals surface area contributed by atoms with E-state index in [1.54, 1.807) is 24.3 Å². The minimum atomic E-state index is -3.64. The Balaban J connectivity index is 1.83. The minimum Gasteiger partial charge on any atom is -0.405 e. The van der Waals surface area contributed by atoms with Crippen LogP contribution in [0, 0.1) is 0 Å². The molecular weight excluding hydrogens is 301 g/mol. The lowest BCUT2D eigenvalue weighted by Crippen LogP contribution is -2.38. The summed E-state index contributed by atoms with van der Waals surface area (Å²) in [5, 5.41) is 0. The van der Waals surface area contributed by atoms with E-state index in [9.17, 15) is 8.42 Å². The Bertz CT molecular complexity index is 730. The monoisotopic (exact) mass is 317 g/mol. The lowest BCUT2D eigenvalue weighted by Gasteiger charge is -2.12. The van der Waals surface area contributed by atoms with Crippen molar-refractivity contribution in [2.75, 3.05) is 13.2 Å². The van der Waals surface area contributed by atoms with Crippen molar-refractivity contribution in [2.24, 2.45) is 0 Å². The average molecular weight is 317 g/mol. The Morgan fingerprint density at radius 2 is 1.59 bits per heavy atom. The van der Waals surface area contributed by atoms with E-state index in [0.717, 1.165) is 5.56 Å². The quantitative estimate of drug-likeness (QED) is 0.833. The zero-order valence-electron chi connectivity index (χ0n) is 11.9. The van der Waals surface area contributed by atoms with Gasteiger partial charge in [0.2, 0.25) is 10.0 Å². The highest BCUT2D eigenvalue weighted by Gasteiger charge is 2.32. The maximum atomic E-state index is 12.6. The molecule has 7 heteroatoms. The van der Waals surface area contributed by atoms with Gasteiger partial charge in [0.15, 0.2) is 0 Å². The van der Waals surface area contributed by atoms with Gasteiger partial charge in [0.25, 0.3) is 0 Å². The molecule has 0 spiro atoms. The van der Waals surface area contributed by atoms with E-state index in [-0.39, 0.29) is 11.4 Å². The van der Waals surface area contributed by atoms with Gasteiger partial charge in [0.05, 0.1) is 18.1 Å². The van der Waals surface area contributed by atoms with Gasteiger partial charge >= 0.3 is 7.12 Å². The van der Waals surface area contributed by atoms with E-state index in [2.05, 4.69) is 4.72 Å². The summed E-state index contributed by atoms with van der Waals surface area (Å²) < 4.78 is 38.6. The van der Waals surface area contributed by atoms with Crippen LogP contribution in [0.1, 0.15) is 5.56 Å². The van der Waals surface area contributed by atoms with Crippen molar-refractivity contribution in [1.82, 2.24) is 4.72 Å². The average Bonchev–Trinajstić information content (AvgIpc) is 3.08. The lowest BCUT2D eigenvalue weighted by molar-refractivity contribution is 0.365. The zero-order chi connectivity index (χ0) is 15.4. The van der Waals surface area contributed by atoms with Crippen LogP contribution in [0.3, 0.4) is 0 Å². The van der Waals surface area contributed by atoms with Gasteiger partial charge in [-0.3, -0.25) is 0 Å². The fourth-order valence-electron chi connectivity index (χ4n) is 2.31. The maximum Gasteiger partial charge on any atom is 0.495 e. The van der Waals surface area contributed by atoms with Crippen LogP contribution in [-0.2, 0) is 25.9 Å². The van der Waals surface area contributed by atoms with Gasteiger partial charge in [-0.1, -0.05) is 48.5 Å². The van der Waals surface area contributed by atoms with E-state index in [1.165, 1.54) is 0 Å². The Hall–Kier alpha value is -1.67. The van der Waals surface area contributed by atoms with E-state index < -0.39 is 17.1 Å². The highest BCUT2D eigenvalue weighted by Crippen LogP contribution is 2.11. The first-order chi connectivity index (χ1) is 10.7. The Morgan fingerprint density at radius 3 is 2.32 bits per heavy atom. The number of benzene rings is 2. The number of sulfonamides is 1. The third-order valence-corrected chi connectivity index (χ3v) is 4.87. The van der Waals surface area contributed by atoms with Gasteiger partial charge in [-0.05, 0) is 11.6 Å². The van der Waals surface area contributed by atoms with Crippen molar-refractivity contribution in [3.8, 4) is 0 Å².